The summed E-state index contributed by atoms with van der Waals surface area (Å²) in [4.78, 5) is 4.38. The summed E-state index contributed by atoms with van der Waals surface area (Å²) >= 11 is 0. The predicted molar refractivity (Wildman–Crippen MR) is 83.3 cm³/mol. The zero-order chi connectivity index (χ0) is 14.1. The fraction of sp³-hybridized carbons (Fsp3) is 0.706. The van der Waals surface area contributed by atoms with Gasteiger partial charge in [-0.05, 0) is 49.8 Å². The zero-order valence-electron chi connectivity index (χ0n) is 13.1. The van der Waals surface area contributed by atoms with E-state index in [-0.39, 0.29) is 0 Å². The second-order valence-corrected chi connectivity index (χ2v) is 5.56. The molecule has 1 rings (SSSR count). The first-order valence-corrected chi connectivity index (χ1v) is 7.87. The summed E-state index contributed by atoms with van der Waals surface area (Å²) in [7, 11) is 0. The van der Waals surface area contributed by atoms with Gasteiger partial charge in [-0.25, -0.2) is 0 Å². The highest BCUT2D eigenvalue weighted by Gasteiger charge is 2.21. The van der Waals surface area contributed by atoms with Gasteiger partial charge in [0, 0.05) is 18.4 Å². The fourth-order valence-electron chi connectivity index (χ4n) is 2.82. The summed E-state index contributed by atoms with van der Waals surface area (Å²) < 4.78 is 0. The Morgan fingerprint density at radius 1 is 1.05 bits per heavy atom. The van der Waals surface area contributed by atoms with Crippen molar-refractivity contribution in [3.05, 3.63) is 29.6 Å². The number of nitrogens with zero attached hydrogens (tertiary/aromatic N) is 1. The van der Waals surface area contributed by atoms with Gasteiger partial charge in [-0.3, -0.25) is 4.98 Å². The molecule has 0 fully saturated rings. The van der Waals surface area contributed by atoms with Crippen molar-refractivity contribution in [3.63, 3.8) is 0 Å². The van der Waals surface area contributed by atoms with Gasteiger partial charge < -0.3 is 5.32 Å². The van der Waals surface area contributed by atoms with E-state index < -0.39 is 0 Å². The molecule has 0 radical (unpaired) electrons. The van der Waals surface area contributed by atoms with Crippen LogP contribution in [0.25, 0.3) is 0 Å². The first kappa shape index (κ1) is 16.2. The summed E-state index contributed by atoms with van der Waals surface area (Å²) in [5.41, 5.74) is 2.62. The van der Waals surface area contributed by atoms with Crippen molar-refractivity contribution in [2.24, 2.45) is 5.92 Å². The standard InChI is InChI=1S/C17H30N2/c1-5-8-15(9-6-2)17(19-10-7-3)16-11-14(4)12-18-13-16/h11-13,15,17,19H,5-10H2,1-4H3. The van der Waals surface area contributed by atoms with Crippen LogP contribution in [0.2, 0.25) is 0 Å². The molecule has 1 aromatic heterocycles. The van der Waals surface area contributed by atoms with Crippen LogP contribution in [0.15, 0.2) is 18.5 Å². The normalized spacial score (nSPS) is 12.9. The van der Waals surface area contributed by atoms with Crippen LogP contribution in [0, 0.1) is 12.8 Å². The molecule has 0 saturated heterocycles. The van der Waals surface area contributed by atoms with Crippen LogP contribution in [-0.2, 0) is 0 Å². The van der Waals surface area contributed by atoms with E-state index in [1.165, 1.54) is 43.2 Å². The second-order valence-electron chi connectivity index (χ2n) is 5.56. The molecule has 1 N–H and O–H groups in total. The number of rotatable bonds is 9. The minimum absolute atomic E-state index is 0.465. The lowest BCUT2D eigenvalue weighted by molar-refractivity contribution is 0.316. The third kappa shape index (κ3) is 5.32. The Balaban J connectivity index is 2.90. The smallest absolute Gasteiger partial charge is 0.0364 e. The van der Waals surface area contributed by atoms with Gasteiger partial charge in [-0.15, -0.1) is 0 Å². The van der Waals surface area contributed by atoms with E-state index in [1.54, 1.807) is 0 Å². The highest BCUT2D eigenvalue weighted by atomic mass is 14.9. The fourth-order valence-corrected chi connectivity index (χ4v) is 2.82. The summed E-state index contributed by atoms with van der Waals surface area (Å²) in [6.07, 6.45) is 10.3. The van der Waals surface area contributed by atoms with Gasteiger partial charge in [-0.2, -0.15) is 0 Å². The van der Waals surface area contributed by atoms with Crippen LogP contribution in [0.5, 0.6) is 0 Å². The number of pyridine rings is 1. The Bertz CT molecular complexity index is 343. The molecule has 1 heterocycles. The molecule has 0 spiro atoms. The quantitative estimate of drug-likeness (QED) is 0.701. The zero-order valence-corrected chi connectivity index (χ0v) is 13.1. The third-order valence-corrected chi connectivity index (χ3v) is 3.66. The number of hydrogen-bond acceptors (Lipinski definition) is 2. The van der Waals surface area contributed by atoms with Gasteiger partial charge in [0.2, 0.25) is 0 Å². The highest BCUT2D eigenvalue weighted by molar-refractivity contribution is 5.21. The predicted octanol–water partition coefficient (Wildman–Crippen LogP) is 4.65. The van der Waals surface area contributed by atoms with E-state index in [0.717, 1.165) is 12.5 Å². The minimum atomic E-state index is 0.465. The van der Waals surface area contributed by atoms with E-state index in [0.29, 0.717) is 6.04 Å². The third-order valence-electron chi connectivity index (χ3n) is 3.66. The van der Waals surface area contributed by atoms with E-state index in [1.807, 2.05) is 12.4 Å². The Labute approximate surface area is 119 Å². The minimum Gasteiger partial charge on any atom is -0.310 e. The van der Waals surface area contributed by atoms with Gasteiger partial charge in [0.15, 0.2) is 0 Å². The Morgan fingerprint density at radius 2 is 1.74 bits per heavy atom. The Hall–Kier alpha value is -0.890. The molecule has 1 atom stereocenters. The van der Waals surface area contributed by atoms with Crippen molar-refractivity contribution in [1.82, 2.24) is 10.3 Å². The van der Waals surface area contributed by atoms with Crippen LogP contribution in [0.4, 0.5) is 0 Å². The Kier molecular flexibility index (Phi) is 7.73. The van der Waals surface area contributed by atoms with E-state index in [2.05, 4.69) is 44.1 Å². The SMILES string of the molecule is CCCNC(c1cncc(C)c1)C(CCC)CCC. The first-order valence-electron chi connectivity index (χ1n) is 7.87. The maximum atomic E-state index is 4.38. The lowest BCUT2D eigenvalue weighted by atomic mass is 9.86. The van der Waals surface area contributed by atoms with Crippen LogP contribution < -0.4 is 5.32 Å². The molecule has 0 saturated carbocycles. The summed E-state index contributed by atoms with van der Waals surface area (Å²) in [6.45, 7) is 10.0. The average Bonchev–Trinajstić information content (AvgIpc) is 2.40. The molecule has 108 valence electrons. The summed E-state index contributed by atoms with van der Waals surface area (Å²) in [5.74, 6) is 0.727. The molecule has 2 heteroatoms. The molecule has 0 aliphatic carbocycles. The largest absolute Gasteiger partial charge is 0.310 e. The monoisotopic (exact) mass is 262 g/mol. The van der Waals surface area contributed by atoms with Crippen molar-refractivity contribution >= 4 is 0 Å². The molecule has 1 unspecified atom stereocenters. The van der Waals surface area contributed by atoms with Crippen LogP contribution in [-0.4, -0.2) is 11.5 Å². The second kappa shape index (κ2) is 9.08. The van der Waals surface area contributed by atoms with Crippen molar-refractivity contribution < 1.29 is 0 Å². The molecular formula is C17H30N2. The molecule has 2 nitrogen and oxygen atoms in total. The van der Waals surface area contributed by atoms with Crippen molar-refractivity contribution in [2.75, 3.05) is 6.54 Å². The van der Waals surface area contributed by atoms with Gasteiger partial charge in [0.25, 0.3) is 0 Å². The van der Waals surface area contributed by atoms with Crippen LogP contribution >= 0.6 is 0 Å². The molecular weight excluding hydrogens is 232 g/mol. The maximum Gasteiger partial charge on any atom is 0.0364 e. The van der Waals surface area contributed by atoms with E-state index >= 15 is 0 Å². The summed E-state index contributed by atoms with van der Waals surface area (Å²) in [5, 5.41) is 3.74. The van der Waals surface area contributed by atoms with Gasteiger partial charge in [0.05, 0.1) is 0 Å². The van der Waals surface area contributed by atoms with Gasteiger partial charge in [-0.1, -0.05) is 39.7 Å². The molecule has 0 bridgehead atoms. The van der Waals surface area contributed by atoms with Crippen LogP contribution in [0.1, 0.15) is 70.0 Å². The topological polar surface area (TPSA) is 24.9 Å². The maximum absolute atomic E-state index is 4.38. The lowest BCUT2D eigenvalue weighted by Gasteiger charge is -2.28. The molecule has 0 aliphatic heterocycles. The molecule has 0 amide bonds. The number of aromatic nitrogens is 1. The van der Waals surface area contributed by atoms with Crippen molar-refractivity contribution in [2.45, 2.75) is 65.8 Å². The highest BCUT2D eigenvalue weighted by Crippen LogP contribution is 2.29. The van der Waals surface area contributed by atoms with E-state index in [9.17, 15) is 0 Å². The van der Waals surface area contributed by atoms with Gasteiger partial charge in [0.1, 0.15) is 0 Å². The van der Waals surface area contributed by atoms with Crippen molar-refractivity contribution in [1.29, 1.82) is 0 Å². The summed E-state index contributed by atoms with van der Waals surface area (Å²) in [6, 6.07) is 2.76. The molecule has 0 aromatic carbocycles. The number of hydrogen-bond donors (Lipinski definition) is 1. The average molecular weight is 262 g/mol. The Morgan fingerprint density at radius 3 is 2.26 bits per heavy atom. The van der Waals surface area contributed by atoms with Gasteiger partial charge >= 0.3 is 0 Å². The molecule has 1 aromatic rings. The number of aryl methyl sites for hydroxylation is 1. The first-order chi connectivity index (χ1) is 9.22. The van der Waals surface area contributed by atoms with Crippen molar-refractivity contribution in [3.8, 4) is 0 Å². The number of nitrogens with one attached hydrogen (secondary N) is 1. The van der Waals surface area contributed by atoms with Crippen LogP contribution in [0.3, 0.4) is 0 Å². The molecule has 19 heavy (non-hydrogen) atoms. The lowest BCUT2D eigenvalue weighted by Crippen LogP contribution is -2.29. The molecule has 0 aliphatic rings. The van der Waals surface area contributed by atoms with E-state index in [4.69, 9.17) is 0 Å².